The van der Waals surface area contributed by atoms with E-state index in [-0.39, 0.29) is 11.8 Å². The SMILES string of the molecule is Bc1cccc2c1C(C(=O)NCCC1CCCCC1)CN2CC. The van der Waals surface area contributed by atoms with E-state index in [0.717, 1.165) is 32.0 Å². The number of nitrogens with one attached hydrogen (secondary N) is 1. The second-order valence-electron chi connectivity index (χ2n) is 7.18. The molecule has 1 aliphatic carbocycles. The second kappa shape index (κ2) is 7.42. The maximum Gasteiger partial charge on any atom is 0.229 e. The third-order valence-corrected chi connectivity index (χ3v) is 5.67. The van der Waals surface area contributed by atoms with Crippen molar-refractivity contribution in [2.24, 2.45) is 5.92 Å². The molecule has 2 aliphatic rings. The van der Waals surface area contributed by atoms with Gasteiger partial charge in [0.1, 0.15) is 7.85 Å². The number of fused-ring (bicyclic) bond motifs is 1. The van der Waals surface area contributed by atoms with E-state index in [0.29, 0.717) is 0 Å². The van der Waals surface area contributed by atoms with E-state index in [9.17, 15) is 4.79 Å². The van der Waals surface area contributed by atoms with Gasteiger partial charge in [0.15, 0.2) is 0 Å². The van der Waals surface area contributed by atoms with Crippen molar-refractivity contribution in [1.82, 2.24) is 5.32 Å². The summed E-state index contributed by atoms with van der Waals surface area (Å²) in [5.41, 5.74) is 3.73. The van der Waals surface area contributed by atoms with E-state index in [1.165, 1.54) is 48.8 Å². The largest absolute Gasteiger partial charge is 0.370 e. The first-order chi connectivity index (χ1) is 11.2. The van der Waals surface area contributed by atoms with E-state index < -0.39 is 0 Å². The zero-order chi connectivity index (χ0) is 16.2. The van der Waals surface area contributed by atoms with E-state index in [2.05, 4.69) is 43.2 Å². The van der Waals surface area contributed by atoms with Crippen LogP contribution in [-0.2, 0) is 4.79 Å². The summed E-state index contributed by atoms with van der Waals surface area (Å²) in [5, 5.41) is 3.22. The predicted octanol–water partition coefficient (Wildman–Crippen LogP) is 1.96. The second-order valence-corrected chi connectivity index (χ2v) is 7.18. The lowest BCUT2D eigenvalue weighted by Gasteiger charge is -2.22. The first kappa shape index (κ1) is 16.4. The molecule has 0 saturated heterocycles. The van der Waals surface area contributed by atoms with E-state index in [4.69, 9.17) is 0 Å². The van der Waals surface area contributed by atoms with Gasteiger partial charge in [0.2, 0.25) is 5.91 Å². The Morgan fingerprint density at radius 2 is 2.09 bits per heavy atom. The molecule has 1 aromatic carbocycles. The number of hydrogen-bond acceptors (Lipinski definition) is 2. The summed E-state index contributed by atoms with van der Waals surface area (Å²) < 4.78 is 0. The van der Waals surface area contributed by atoms with Gasteiger partial charge in [0.05, 0.1) is 5.92 Å². The van der Waals surface area contributed by atoms with Crippen molar-refractivity contribution in [3.63, 3.8) is 0 Å². The fourth-order valence-corrected chi connectivity index (χ4v) is 4.32. The van der Waals surface area contributed by atoms with Crippen molar-refractivity contribution < 1.29 is 4.79 Å². The van der Waals surface area contributed by atoms with Gasteiger partial charge in [0, 0.05) is 25.3 Å². The minimum Gasteiger partial charge on any atom is -0.370 e. The standard InChI is InChI=1S/C19H29BN2O/c1-2-22-13-15(18-16(20)9-6-10-17(18)22)19(23)21-12-11-14-7-4-3-5-8-14/h6,9-10,14-15H,2-5,7-8,11-13,20H2,1H3,(H,21,23). The quantitative estimate of drug-likeness (QED) is 0.843. The molecule has 23 heavy (non-hydrogen) atoms. The van der Waals surface area contributed by atoms with Crippen molar-refractivity contribution in [2.45, 2.75) is 51.4 Å². The number of carbonyl (C=O) groups is 1. The fraction of sp³-hybridized carbons (Fsp3) is 0.632. The monoisotopic (exact) mass is 312 g/mol. The van der Waals surface area contributed by atoms with Gasteiger partial charge < -0.3 is 10.2 Å². The van der Waals surface area contributed by atoms with Crippen LogP contribution in [0.3, 0.4) is 0 Å². The van der Waals surface area contributed by atoms with Gasteiger partial charge in [-0.05, 0) is 30.9 Å². The molecule has 0 spiro atoms. The average Bonchev–Trinajstić information content (AvgIpc) is 2.96. The topological polar surface area (TPSA) is 32.3 Å². The lowest BCUT2D eigenvalue weighted by atomic mass is 9.84. The summed E-state index contributed by atoms with van der Waals surface area (Å²) in [5.74, 6) is 1.04. The zero-order valence-corrected chi connectivity index (χ0v) is 14.6. The Morgan fingerprint density at radius 3 is 2.83 bits per heavy atom. The molecular formula is C19H29BN2O. The first-order valence-electron chi connectivity index (χ1n) is 9.33. The number of amides is 1. The molecule has 0 aromatic heterocycles. The molecule has 1 amide bonds. The van der Waals surface area contributed by atoms with Crippen LogP contribution in [0.4, 0.5) is 5.69 Å². The van der Waals surface area contributed by atoms with Crippen LogP contribution in [0, 0.1) is 5.92 Å². The van der Waals surface area contributed by atoms with Crippen LogP contribution in [0.5, 0.6) is 0 Å². The smallest absolute Gasteiger partial charge is 0.229 e. The highest BCUT2D eigenvalue weighted by Gasteiger charge is 2.33. The molecule has 1 N–H and O–H groups in total. The number of nitrogens with zero attached hydrogens (tertiary/aromatic N) is 1. The van der Waals surface area contributed by atoms with Gasteiger partial charge in [-0.2, -0.15) is 0 Å². The van der Waals surface area contributed by atoms with Gasteiger partial charge in [-0.15, -0.1) is 0 Å². The molecule has 1 heterocycles. The normalized spacial score (nSPS) is 21.3. The Bertz CT molecular complexity index is 554. The molecule has 1 unspecified atom stereocenters. The Labute approximate surface area is 141 Å². The molecule has 0 bridgehead atoms. The summed E-state index contributed by atoms with van der Waals surface area (Å²) >= 11 is 0. The lowest BCUT2D eigenvalue weighted by Crippen LogP contribution is -2.35. The molecule has 3 nitrogen and oxygen atoms in total. The van der Waals surface area contributed by atoms with E-state index in [1.54, 1.807) is 0 Å². The molecule has 4 heteroatoms. The fourth-order valence-electron chi connectivity index (χ4n) is 4.32. The van der Waals surface area contributed by atoms with Crippen LogP contribution in [-0.4, -0.2) is 33.4 Å². The number of benzene rings is 1. The highest BCUT2D eigenvalue weighted by atomic mass is 16.1. The minimum absolute atomic E-state index is 0.00231. The summed E-state index contributed by atoms with van der Waals surface area (Å²) in [6.45, 7) is 4.79. The van der Waals surface area contributed by atoms with Crippen LogP contribution >= 0.6 is 0 Å². The zero-order valence-electron chi connectivity index (χ0n) is 14.6. The maximum atomic E-state index is 12.7. The van der Waals surface area contributed by atoms with Crippen LogP contribution in [0.2, 0.25) is 0 Å². The highest BCUT2D eigenvalue weighted by Crippen LogP contribution is 2.34. The molecule has 1 atom stereocenters. The highest BCUT2D eigenvalue weighted by molar-refractivity contribution is 6.34. The summed E-state index contributed by atoms with van der Waals surface area (Å²) in [6.07, 6.45) is 8.00. The average molecular weight is 312 g/mol. The molecule has 1 fully saturated rings. The third-order valence-electron chi connectivity index (χ3n) is 5.67. The van der Waals surface area contributed by atoms with Crippen molar-refractivity contribution in [2.75, 3.05) is 24.5 Å². The van der Waals surface area contributed by atoms with Gasteiger partial charge in [-0.3, -0.25) is 4.79 Å². The van der Waals surface area contributed by atoms with Crippen LogP contribution in [0.1, 0.15) is 56.9 Å². The molecule has 0 radical (unpaired) electrons. The van der Waals surface area contributed by atoms with E-state index in [1.807, 2.05) is 0 Å². The van der Waals surface area contributed by atoms with Crippen LogP contribution < -0.4 is 15.7 Å². The Hall–Kier alpha value is -1.45. The number of rotatable bonds is 5. The Balaban J connectivity index is 1.60. The Kier molecular flexibility index (Phi) is 5.29. The van der Waals surface area contributed by atoms with Gasteiger partial charge in [-0.25, -0.2) is 0 Å². The third kappa shape index (κ3) is 3.56. The molecule has 1 saturated carbocycles. The van der Waals surface area contributed by atoms with E-state index >= 15 is 0 Å². The van der Waals surface area contributed by atoms with Crippen molar-refractivity contribution in [3.05, 3.63) is 23.8 Å². The summed E-state index contributed by atoms with van der Waals surface area (Å²) in [7, 11) is 2.13. The van der Waals surface area contributed by atoms with Crippen molar-refractivity contribution in [3.8, 4) is 0 Å². The maximum absolute atomic E-state index is 12.7. The number of carbonyl (C=O) groups excluding carboxylic acids is 1. The molecule has 1 aromatic rings. The summed E-state index contributed by atoms with van der Waals surface area (Å²) in [4.78, 5) is 15.1. The predicted molar refractivity (Wildman–Crippen MR) is 99.4 cm³/mol. The first-order valence-corrected chi connectivity index (χ1v) is 9.33. The van der Waals surface area contributed by atoms with Crippen molar-refractivity contribution in [1.29, 1.82) is 0 Å². The van der Waals surface area contributed by atoms with Gasteiger partial charge in [0.25, 0.3) is 0 Å². The Morgan fingerprint density at radius 1 is 1.30 bits per heavy atom. The van der Waals surface area contributed by atoms with Gasteiger partial charge >= 0.3 is 0 Å². The van der Waals surface area contributed by atoms with Crippen LogP contribution in [0.25, 0.3) is 0 Å². The molecule has 1 aliphatic heterocycles. The molecule has 3 rings (SSSR count). The number of hydrogen-bond donors (Lipinski definition) is 1. The minimum atomic E-state index is -0.00231. The van der Waals surface area contributed by atoms with Crippen molar-refractivity contribution >= 4 is 24.9 Å². The molecule has 124 valence electrons. The molecular weight excluding hydrogens is 283 g/mol. The lowest BCUT2D eigenvalue weighted by molar-refractivity contribution is -0.122. The number of anilines is 1. The number of likely N-dealkylation sites (N-methyl/N-ethyl adjacent to an activating group) is 1. The van der Waals surface area contributed by atoms with Gasteiger partial charge in [-0.1, -0.05) is 49.7 Å². The summed E-state index contributed by atoms with van der Waals surface area (Å²) in [6, 6.07) is 6.38. The van der Waals surface area contributed by atoms with Crippen LogP contribution in [0.15, 0.2) is 18.2 Å².